The summed E-state index contributed by atoms with van der Waals surface area (Å²) in [5.74, 6) is -1.23. The van der Waals surface area contributed by atoms with Crippen LogP contribution < -0.4 is 15.8 Å². The summed E-state index contributed by atoms with van der Waals surface area (Å²) in [5, 5.41) is 2.60. The Kier molecular flexibility index (Phi) is 5.07. The van der Waals surface area contributed by atoms with Crippen molar-refractivity contribution < 1.29 is 9.59 Å². The maximum absolute atomic E-state index is 13.1. The Morgan fingerprint density at radius 3 is 2.23 bits per heavy atom. The molecule has 1 N–H and O–H groups in total. The second-order valence-corrected chi connectivity index (χ2v) is 7.86. The number of anilines is 2. The second-order valence-electron chi connectivity index (χ2n) is 7.49. The number of para-hydroxylation sites is 1. The predicted octanol–water partition coefficient (Wildman–Crippen LogP) is 3.54. The van der Waals surface area contributed by atoms with Gasteiger partial charge in [-0.05, 0) is 44.5 Å². The van der Waals surface area contributed by atoms with Crippen molar-refractivity contribution in [1.29, 1.82) is 0 Å². The zero-order valence-corrected chi connectivity index (χ0v) is 18.3. The molecule has 31 heavy (non-hydrogen) atoms. The van der Waals surface area contributed by atoms with Crippen LogP contribution >= 0.6 is 11.6 Å². The average Bonchev–Trinajstić information content (AvgIpc) is 3.08. The van der Waals surface area contributed by atoms with Crippen LogP contribution in [-0.2, 0) is 16.6 Å². The lowest BCUT2D eigenvalue weighted by atomic mass is 10.1. The summed E-state index contributed by atoms with van der Waals surface area (Å²) in [4.78, 5) is 40.1. The molecular formula is C23H21ClN4O3. The summed E-state index contributed by atoms with van der Waals surface area (Å²) in [6, 6.07) is 14.6. The number of halogens is 1. The van der Waals surface area contributed by atoms with Crippen molar-refractivity contribution in [2.45, 2.75) is 20.8 Å². The molecule has 0 fully saturated rings. The van der Waals surface area contributed by atoms with Crippen LogP contribution in [0.4, 0.5) is 11.4 Å². The molecule has 2 heterocycles. The molecule has 158 valence electrons. The van der Waals surface area contributed by atoms with Crippen molar-refractivity contribution in [2.75, 3.05) is 10.2 Å². The summed E-state index contributed by atoms with van der Waals surface area (Å²) >= 11 is 6.26. The van der Waals surface area contributed by atoms with E-state index in [1.807, 2.05) is 56.3 Å². The number of imide groups is 1. The fourth-order valence-corrected chi connectivity index (χ4v) is 3.94. The Balaban J connectivity index is 1.75. The Hall–Kier alpha value is -3.58. The SMILES string of the molecule is Cc1ccc(N2C(=O)C(Cl)=C(Nc3c(C)n(C)n(-c4ccccc4)c3=O)C2=O)c(C)c1. The van der Waals surface area contributed by atoms with E-state index in [9.17, 15) is 14.4 Å². The third-order valence-corrected chi connectivity index (χ3v) is 5.78. The highest BCUT2D eigenvalue weighted by Gasteiger charge is 2.40. The van der Waals surface area contributed by atoms with Crippen LogP contribution in [0.15, 0.2) is 64.1 Å². The quantitative estimate of drug-likeness (QED) is 0.635. The van der Waals surface area contributed by atoms with Crippen LogP contribution in [0.5, 0.6) is 0 Å². The number of carbonyl (C=O) groups is 2. The molecular weight excluding hydrogens is 416 g/mol. The van der Waals surface area contributed by atoms with Gasteiger partial charge < -0.3 is 5.32 Å². The summed E-state index contributed by atoms with van der Waals surface area (Å²) < 4.78 is 3.16. The minimum Gasteiger partial charge on any atom is -0.344 e. The van der Waals surface area contributed by atoms with E-state index in [1.165, 1.54) is 4.68 Å². The molecule has 7 nitrogen and oxygen atoms in total. The van der Waals surface area contributed by atoms with Crippen molar-refractivity contribution in [2.24, 2.45) is 7.05 Å². The maximum atomic E-state index is 13.1. The van der Waals surface area contributed by atoms with E-state index in [4.69, 9.17) is 11.6 Å². The minimum atomic E-state index is -0.627. The highest BCUT2D eigenvalue weighted by molar-refractivity contribution is 6.53. The Labute approximate surface area is 184 Å². The Morgan fingerprint density at radius 1 is 0.903 bits per heavy atom. The molecule has 0 aliphatic carbocycles. The summed E-state index contributed by atoms with van der Waals surface area (Å²) in [7, 11) is 1.74. The van der Waals surface area contributed by atoms with E-state index in [0.29, 0.717) is 17.1 Å². The molecule has 0 atom stereocenters. The van der Waals surface area contributed by atoms with Crippen molar-refractivity contribution in [3.8, 4) is 5.69 Å². The van der Waals surface area contributed by atoms with E-state index in [1.54, 1.807) is 24.7 Å². The van der Waals surface area contributed by atoms with Gasteiger partial charge in [0, 0.05) is 7.05 Å². The second kappa shape index (κ2) is 7.59. The van der Waals surface area contributed by atoms with Gasteiger partial charge in [0.1, 0.15) is 16.4 Å². The normalized spacial score (nSPS) is 14.0. The third kappa shape index (κ3) is 3.27. The van der Waals surface area contributed by atoms with Gasteiger partial charge in [-0.2, -0.15) is 0 Å². The molecule has 0 bridgehead atoms. The zero-order chi connectivity index (χ0) is 22.4. The highest BCUT2D eigenvalue weighted by Crippen LogP contribution is 2.32. The van der Waals surface area contributed by atoms with E-state index >= 15 is 0 Å². The van der Waals surface area contributed by atoms with Gasteiger partial charge in [0.25, 0.3) is 17.4 Å². The van der Waals surface area contributed by atoms with Gasteiger partial charge in [-0.1, -0.05) is 47.5 Å². The molecule has 0 unspecified atom stereocenters. The van der Waals surface area contributed by atoms with Gasteiger partial charge in [0.05, 0.1) is 17.1 Å². The first kappa shape index (κ1) is 20.7. The fraction of sp³-hybridized carbons (Fsp3) is 0.174. The number of aryl methyl sites for hydroxylation is 2. The minimum absolute atomic E-state index is 0.113. The molecule has 2 aromatic carbocycles. The molecule has 0 spiro atoms. The zero-order valence-electron chi connectivity index (χ0n) is 17.6. The van der Waals surface area contributed by atoms with E-state index in [-0.39, 0.29) is 22.0 Å². The van der Waals surface area contributed by atoms with E-state index in [0.717, 1.165) is 16.0 Å². The third-order valence-electron chi connectivity index (χ3n) is 5.42. The number of benzene rings is 2. The molecule has 0 radical (unpaired) electrons. The number of amides is 2. The molecule has 2 amide bonds. The maximum Gasteiger partial charge on any atom is 0.295 e. The number of carbonyl (C=O) groups excluding carboxylic acids is 2. The molecule has 0 saturated heterocycles. The van der Waals surface area contributed by atoms with Gasteiger partial charge in [-0.15, -0.1) is 0 Å². The van der Waals surface area contributed by atoms with Crippen LogP contribution in [0.2, 0.25) is 0 Å². The van der Waals surface area contributed by atoms with Crippen molar-refractivity contribution >= 4 is 34.8 Å². The lowest BCUT2D eigenvalue weighted by Crippen LogP contribution is -2.33. The monoisotopic (exact) mass is 436 g/mol. The fourth-order valence-electron chi connectivity index (χ4n) is 3.72. The van der Waals surface area contributed by atoms with Gasteiger partial charge in [0.15, 0.2) is 0 Å². The lowest BCUT2D eigenvalue weighted by molar-refractivity contribution is -0.120. The van der Waals surface area contributed by atoms with E-state index in [2.05, 4.69) is 5.32 Å². The number of hydrogen-bond acceptors (Lipinski definition) is 4. The smallest absolute Gasteiger partial charge is 0.295 e. The van der Waals surface area contributed by atoms with Crippen molar-refractivity contribution in [3.05, 3.63) is 86.4 Å². The number of aromatic nitrogens is 2. The van der Waals surface area contributed by atoms with Crippen molar-refractivity contribution in [3.63, 3.8) is 0 Å². The van der Waals surface area contributed by atoms with Gasteiger partial charge >= 0.3 is 0 Å². The molecule has 1 aliphatic heterocycles. The summed E-state index contributed by atoms with van der Waals surface area (Å²) in [6.45, 7) is 5.50. The van der Waals surface area contributed by atoms with Crippen LogP contribution in [-0.4, -0.2) is 21.2 Å². The van der Waals surface area contributed by atoms with E-state index < -0.39 is 11.8 Å². The van der Waals surface area contributed by atoms with Crippen LogP contribution in [0, 0.1) is 20.8 Å². The van der Waals surface area contributed by atoms with Gasteiger partial charge in [-0.25, -0.2) is 9.58 Å². The topological polar surface area (TPSA) is 76.3 Å². The first-order valence-electron chi connectivity index (χ1n) is 9.69. The number of nitrogens with one attached hydrogen (secondary N) is 1. The largest absolute Gasteiger partial charge is 0.344 e. The first-order valence-corrected chi connectivity index (χ1v) is 10.1. The number of hydrogen-bond donors (Lipinski definition) is 1. The van der Waals surface area contributed by atoms with Crippen LogP contribution in [0.25, 0.3) is 5.69 Å². The van der Waals surface area contributed by atoms with Gasteiger partial charge in [-0.3, -0.25) is 19.1 Å². The summed E-state index contributed by atoms with van der Waals surface area (Å²) in [5.41, 5.74) is 3.23. The Bertz CT molecular complexity index is 1320. The standard InChI is InChI=1S/C23H21ClN4O3/c1-13-10-11-17(14(2)12-13)27-21(29)18(24)20(22(27)30)25-19-15(3)26(4)28(23(19)31)16-8-6-5-7-9-16/h5-12,25H,1-4H3. The Morgan fingerprint density at radius 2 is 1.58 bits per heavy atom. The molecule has 8 heteroatoms. The average molecular weight is 437 g/mol. The number of nitrogens with zero attached hydrogens (tertiary/aromatic N) is 3. The lowest BCUT2D eigenvalue weighted by Gasteiger charge is -2.17. The van der Waals surface area contributed by atoms with Crippen molar-refractivity contribution in [1.82, 2.24) is 9.36 Å². The predicted molar refractivity (Wildman–Crippen MR) is 121 cm³/mol. The molecule has 1 aromatic heterocycles. The summed E-state index contributed by atoms with van der Waals surface area (Å²) in [6.07, 6.45) is 0. The van der Waals surface area contributed by atoms with Crippen LogP contribution in [0.1, 0.15) is 16.8 Å². The molecule has 1 aliphatic rings. The molecule has 0 saturated carbocycles. The molecule has 3 aromatic rings. The van der Waals surface area contributed by atoms with Gasteiger partial charge in [0.2, 0.25) is 0 Å². The first-order chi connectivity index (χ1) is 14.7. The molecule has 4 rings (SSSR count). The van der Waals surface area contributed by atoms with Crippen LogP contribution in [0.3, 0.4) is 0 Å². The number of rotatable bonds is 4. The highest BCUT2D eigenvalue weighted by atomic mass is 35.5.